The lowest BCUT2D eigenvalue weighted by atomic mass is 9.79. The molecule has 2 nitrogen and oxygen atoms in total. The molecule has 1 saturated carbocycles. The van der Waals surface area contributed by atoms with Gasteiger partial charge in [0.05, 0.1) is 6.42 Å². The van der Waals surface area contributed by atoms with Crippen LogP contribution in [0.2, 0.25) is 0 Å². The van der Waals surface area contributed by atoms with E-state index in [9.17, 15) is 9.18 Å². The summed E-state index contributed by atoms with van der Waals surface area (Å²) in [7, 11) is 0. The first-order valence-electron chi connectivity index (χ1n) is 7.42. The fourth-order valence-electron chi connectivity index (χ4n) is 3.17. The Hall–Kier alpha value is -1.38. The maximum atomic E-state index is 14.4. The van der Waals surface area contributed by atoms with E-state index >= 15 is 0 Å². The van der Waals surface area contributed by atoms with Crippen molar-refractivity contribution in [1.29, 1.82) is 0 Å². The highest BCUT2D eigenvalue weighted by molar-refractivity contribution is 5.68. The van der Waals surface area contributed by atoms with Gasteiger partial charge in [0, 0.05) is 5.41 Å². The number of benzene rings is 1. The lowest BCUT2D eigenvalue weighted by molar-refractivity contribution is -0.138. The normalized spacial score (nSPS) is 17.1. The van der Waals surface area contributed by atoms with Crippen LogP contribution in [0.5, 0.6) is 0 Å². The molecule has 0 radical (unpaired) electrons. The highest BCUT2D eigenvalue weighted by atomic mass is 19.1. The molecule has 1 aromatic rings. The van der Waals surface area contributed by atoms with Crippen LogP contribution in [0.15, 0.2) is 18.2 Å². The molecule has 1 aromatic carbocycles. The van der Waals surface area contributed by atoms with E-state index in [1.807, 2.05) is 26.0 Å². The number of rotatable bonds is 4. The van der Waals surface area contributed by atoms with Crippen molar-refractivity contribution < 1.29 is 14.3 Å². The molecule has 0 saturated heterocycles. The Labute approximate surface area is 120 Å². The summed E-state index contributed by atoms with van der Waals surface area (Å²) in [5.41, 5.74) is 1.02. The van der Waals surface area contributed by atoms with Gasteiger partial charge in [-0.15, -0.1) is 0 Å². The van der Waals surface area contributed by atoms with Crippen molar-refractivity contribution in [2.24, 2.45) is 0 Å². The molecule has 0 spiro atoms. The van der Waals surface area contributed by atoms with Gasteiger partial charge in [-0.3, -0.25) is 4.79 Å². The fourth-order valence-corrected chi connectivity index (χ4v) is 3.17. The summed E-state index contributed by atoms with van der Waals surface area (Å²) in [4.78, 5) is 10.9. The van der Waals surface area contributed by atoms with E-state index in [2.05, 4.69) is 0 Å². The Morgan fingerprint density at radius 1 is 1.30 bits per heavy atom. The summed E-state index contributed by atoms with van der Waals surface area (Å²) in [6.07, 6.45) is 5.74. The largest absolute Gasteiger partial charge is 0.481 e. The van der Waals surface area contributed by atoms with Crippen molar-refractivity contribution >= 4 is 5.97 Å². The number of hydrogen-bond acceptors (Lipinski definition) is 1. The summed E-state index contributed by atoms with van der Waals surface area (Å²) >= 11 is 0. The van der Waals surface area contributed by atoms with Gasteiger partial charge in [0.2, 0.25) is 0 Å². The van der Waals surface area contributed by atoms with Crippen molar-refractivity contribution in [3.63, 3.8) is 0 Å². The molecule has 2 rings (SSSR count). The molecule has 0 heterocycles. The molecule has 1 aliphatic rings. The smallest absolute Gasteiger partial charge is 0.304 e. The van der Waals surface area contributed by atoms with E-state index in [-0.39, 0.29) is 12.2 Å². The van der Waals surface area contributed by atoms with E-state index in [1.165, 1.54) is 25.3 Å². The second-order valence-corrected chi connectivity index (χ2v) is 6.53. The zero-order valence-electron chi connectivity index (χ0n) is 12.3. The van der Waals surface area contributed by atoms with Crippen molar-refractivity contribution in [2.75, 3.05) is 0 Å². The van der Waals surface area contributed by atoms with Crippen molar-refractivity contribution in [2.45, 2.75) is 63.7 Å². The number of carbonyl (C=O) groups is 1. The molecule has 0 amide bonds. The SMILES string of the molecule is CC(C)(CC(=O)O)c1ccc(C2CCCCC2)c(F)c1. The van der Waals surface area contributed by atoms with Gasteiger partial charge in [0.15, 0.2) is 0 Å². The van der Waals surface area contributed by atoms with E-state index < -0.39 is 11.4 Å². The van der Waals surface area contributed by atoms with Gasteiger partial charge >= 0.3 is 5.97 Å². The lowest BCUT2D eigenvalue weighted by Gasteiger charge is -2.26. The Kier molecular flexibility index (Phi) is 4.46. The Morgan fingerprint density at radius 3 is 2.50 bits per heavy atom. The third-order valence-corrected chi connectivity index (χ3v) is 4.42. The standard InChI is InChI=1S/C17H23FO2/c1-17(2,11-16(19)20)13-8-9-14(15(18)10-13)12-6-4-3-5-7-12/h8-10,12H,3-7,11H2,1-2H3,(H,19,20). The van der Waals surface area contributed by atoms with Crippen molar-refractivity contribution in [1.82, 2.24) is 0 Å². The predicted molar refractivity (Wildman–Crippen MR) is 77.5 cm³/mol. The van der Waals surface area contributed by atoms with Crippen LogP contribution in [0.3, 0.4) is 0 Å². The van der Waals surface area contributed by atoms with Gasteiger partial charge in [0.1, 0.15) is 5.82 Å². The highest BCUT2D eigenvalue weighted by Gasteiger charge is 2.26. The zero-order valence-corrected chi connectivity index (χ0v) is 12.3. The van der Waals surface area contributed by atoms with Crippen LogP contribution in [0.4, 0.5) is 4.39 Å². The van der Waals surface area contributed by atoms with Gasteiger partial charge < -0.3 is 5.11 Å². The molecule has 1 aliphatic carbocycles. The van der Waals surface area contributed by atoms with Crippen LogP contribution in [-0.4, -0.2) is 11.1 Å². The number of carboxylic acids is 1. The van der Waals surface area contributed by atoms with Crippen LogP contribution >= 0.6 is 0 Å². The molecule has 0 aromatic heterocycles. The summed E-state index contributed by atoms with van der Waals surface area (Å²) in [5.74, 6) is -0.694. The molecule has 20 heavy (non-hydrogen) atoms. The van der Waals surface area contributed by atoms with E-state index in [4.69, 9.17) is 5.11 Å². The number of hydrogen-bond donors (Lipinski definition) is 1. The Morgan fingerprint density at radius 2 is 1.95 bits per heavy atom. The van der Waals surface area contributed by atoms with Gasteiger partial charge in [-0.1, -0.05) is 45.2 Å². The minimum absolute atomic E-state index is 0.00914. The molecule has 110 valence electrons. The number of aliphatic carboxylic acids is 1. The average Bonchev–Trinajstić information content (AvgIpc) is 2.38. The van der Waals surface area contributed by atoms with Crippen LogP contribution in [0, 0.1) is 5.82 Å². The zero-order chi connectivity index (χ0) is 14.8. The minimum atomic E-state index is -0.855. The molecule has 3 heteroatoms. The highest BCUT2D eigenvalue weighted by Crippen LogP contribution is 2.36. The summed E-state index contributed by atoms with van der Waals surface area (Å²) < 4.78 is 14.4. The van der Waals surface area contributed by atoms with Crippen LogP contribution in [-0.2, 0) is 10.2 Å². The molecule has 0 atom stereocenters. The third kappa shape index (κ3) is 3.38. The second-order valence-electron chi connectivity index (χ2n) is 6.53. The first-order chi connectivity index (χ1) is 9.40. The van der Waals surface area contributed by atoms with Crippen molar-refractivity contribution in [3.05, 3.63) is 35.1 Å². The Bertz CT molecular complexity index is 488. The molecular formula is C17H23FO2. The number of halogens is 1. The van der Waals surface area contributed by atoms with E-state index in [1.54, 1.807) is 0 Å². The number of carboxylic acid groups (broad SMARTS) is 1. The first-order valence-corrected chi connectivity index (χ1v) is 7.42. The van der Waals surface area contributed by atoms with Crippen LogP contribution < -0.4 is 0 Å². The summed E-state index contributed by atoms with van der Waals surface area (Å²) in [6, 6.07) is 5.30. The summed E-state index contributed by atoms with van der Waals surface area (Å²) in [6.45, 7) is 3.69. The third-order valence-electron chi connectivity index (χ3n) is 4.42. The lowest BCUT2D eigenvalue weighted by Crippen LogP contribution is -2.22. The van der Waals surface area contributed by atoms with E-state index in [0.717, 1.165) is 24.0 Å². The summed E-state index contributed by atoms with van der Waals surface area (Å²) in [5, 5.41) is 8.94. The van der Waals surface area contributed by atoms with Gasteiger partial charge in [-0.25, -0.2) is 4.39 Å². The first kappa shape index (κ1) is 15.0. The monoisotopic (exact) mass is 278 g/mol. The molecule has 0 unspecified atom stereocenters. The molecule has 0 aliphatic heterocycles. The second kappa shape index (κ2) is 5.94. The average molecular weight is 278 g/mol. The topological polar surface area (TPSA) is 37.3 Å². The molecule has 1 fully saturated rings. The van der Waals surface area contributed by atoms with E-state index in [0.29, 0.717) is 5.92 Å². The maximum absolute atomic E-state index is 14.4. The van der Waals surface area contributed by atoms with Gasteiger partial charge in [0.25, 0.3) is 0 Å². The molecule has 1 N–H and O–H groups in total. The Balaban J connectivity index is 2.22. The van der Waals surface area contributed by atoms with Crippen LogP contribution in [0.1, 0.15) is 69.4 Å². The predicted octanol–water partition coefficient (Wildman–Crippen LogP) is 4.63. The quantitative estimate of drug-likeness (QED) is 0.872. The molecule has 0 bridgehead atoms. The van der Waals surface area contributed by atoms with Gasteiger partial charge in [-0.05, 0) is 36.0 Å². The van der Waals surface area contributed by atoms with Crippen molar-refractivity contribution in [3.8, 4) is 0 Å². The van der Waals surface area contributed by atoms with Crippen LogP contribution in [0.25, 0.3) is 0 Å². The molecular weight excluding hydrogens is 255 g/mol. The van der Waals surface area contributed by atoms with Gasteiger partial charge in [-0.2, -0.15) is 0 Å². The fraction of sp³-hybridized carbons (Fsp3) is 0.588. The minimum Gasteiger partial charge on any atom is -0.481 e. The maximum Gasteiger partial charge on any atom is 0.304 e.